The number of thiophene rings is 1. The van der Waals surface area contributed by atoms with E-state index >= 15 is 0 Å². The lowest BCUT2D eigenvalue weighted by Crippen LogP contribution is -2.27. The van der Waals surface area contributed by atoms with Gasteiger partial charge in [0.1, 0.15) is 0 Å². The first-order valence-electron chi connectivity index (χ1n) is 6.85. The molecule has 0 aromatic carbocycles. The summed E-state index contributed by atoms with van der Waals surface area (Å²) >= 11 is 1.67. The minimum atomic E-state index is -0.191. The molecule has 3 rings (SSSR count). The quantitative estimate of drug-likeness (QED) is 0.886. The Balaban J connectivity index is 1.89. The molecule has 1 saturated carbocycles. The van der Waals surface area contributed by atoms with Crippen molar-refractivity contribution in [3.8, 4) is 0 Å². The lowest BCUT2D eigenvalue weighted by molar-refractivity contribution is 0.582. The number of pyridine rings is 1. The number of hydrogen-bond donors (Lipinski definition) is 1. The van der Waals surface area contributed by atoms with Crippen LogP contribution in [0.5, 0.6) is 0 Å². The number of halogens is 1. The summed E-state index contributed by atoms with van der Waals surface area (Å²) in [4.78, 5) is 6.40. The molecule has 0 aliphatic heterocycles. The first-order valence-corrected chi connectivity index (χ1v) is 7.79. The molecule has 0 unspecified atom stereocenters. The number of rotatable bonds is 6. The fourth-order valence-corrected chi connectivity index (χ4v) is 3.00. The van der Waals surface area contributed by atoms with E-state index in [0.717, 1.165) is 19.4 Å². The first-order chi connectivity index (χ1) is 9.79. The van der Waals surface area contributed by atoms with Crippen LogP contribution in [0.1, 0.15) is 24.0 Å². The zero-order valence-corrected chi connectivity index (χ0v) is 12.3. The fraction of sp³-hybridized carbons (Fsp3) is 0.400. The molecule has 2 aromatic rings. The summed E-state index contributed by atoms with van der Waals surface area (Å²) in [5, 5.41) is 7.17. The van der Waals surface area contributed by atoms with Gasteiger partial charge in [0.05, 0.1) is 0 Å². The van der Waals surface area contributed by atoms with Crippen molar-refractivity contribution in [2.45, 2.75) is 32.0 Å². The standard InChI is InChI=1S/C15H18FN3S/c1-17-8-12-4-6-18-15(14(12)16)19(13-2-3-13)9-11-5-7-20-10-11/h4-7,10,13,17H,2-3,8-9H2,1H3. The summed E-state index contributed by atoms with van der Waals surface area (Å²) in [6.45, 7) is 1.26. The molecule has 0 atom stereocenters. The van der Waals surface area contributed by atoms with Crippen LogP contribution in [0.4, 0.5) is 10.2 Å². The second kappa shape index (κ2) is 5.89. The molecule has 0 radical (unpaired) electrons. The second-order valence-electron chi connectivity index (χ2n) is 5.13. The third-order valence-corrected chi connectivity index (χ3v) is 4.24. The molecular weight excluding hydrogens is 273 g/mol. The summed E-state index contributed by atoms with van der Waals surface area (Å²) in [5.41, 5.74) is 1.90. The highest BCUT2D eigenvalue weighted by Gasteiger charge is 2.32. The number of hydrogen-bond acceptors (Lipinski definition) is 4. The van der Waals surface area contributed by atoms with Crippen LogP contribution in [-0.4, -0.2) is 18.1 Å². The van der Waals surface area contributed by atoms with Crippen LogP contribution < -0.4 is 10.2 Å². The molecule has 0 amide bonds. The molecule has 3 nitrogen and oxygen atoms in total. The van der Waals surface area contributed by atoms with Gasteiger partial charge in [-0.1, -0.05) is 0 Å². The summed E-state index contributed by atoms with van der Waals surface area (Å²) < 4.78 is 14.6. The van der Waals surface area contributed by atoms with Gasteiger partial charge < -0.3 is 10.2 Å². The zero-order chi connectivity index (χ0) is 13.9. The molecule has 2 aromatic heterocycles. The lowest BCUT2D eigenvalue weighted by atomic mass is 10.2. The van der Waals surface area contributed by atoms with Gasteiger partial charge in [0.15, 0.2) is 11.6 Å². The maximum Gasteiger partial charge on any atom is 0.170 e. The maximum absolute atomic E-state index is 14.6. The predicted octanol–water partition coefficient (Wildman–Crippen LogP) is 3.17. The Morgan fingerprint density at radius 3 is 2.95 bits per heavy atom. The van der Waals surface area contributed by atoms with Crippen LogP contribution in [0.3, 0.4) is 0 Å². The van der Waals surface area contributed by atoms with Gasteiger partial charge in [-0.05, 0) is 48.3 Å². The van der Waals surface area contributed by atoms with E-state index in [1.165, 1.54) is 5.56 Å². The fourth-order valence-electron chi connectivity index (χ4n) is 2.34. The molecule has 2 heterocycles. The van der Waals surface area contributed by atoms with Crippen molar-refractivity contribution >= 4 is 17.2 Å². The van der Waals surface area contributed by atoms with Gasteiger partial charge >= 0.3 is 0 Å². The number of nitrogens with zero attached hydrogens (tertiary/aromatic N) is 2. The predicted molar refractivity (Wildman–Crippen MR) is 80.5 cm³/mol. The average Bonchev–Trinajstić information content (AvgIpc) is 3.16. The van der Waals surface area contributed by atoms with Gasteiger partial charge in [-0.2, -0.15) is 11.3 Å². The van der Waals surface area contributed by atoms with Gasteiger partial charge in [-0.15, -0.1) is 0 Å². The SMILES string of the molecule is CNCc1ccnc(N(Cc2ccsc2)C2CC2)c1F. The highest BCUT2D eigenvalue weighted by Crippen LogP contribution is 2.34. The summed E-state index contributed by atoms with van der Waals surface area (Å²) in [6, 6.07) is 4.27. The molecule has 1 aliphatic carbocycles. The number of aromatic nitrogens is 1. The molecule has 0 spiro atoms. The molecule has 0 saturated heterocycles. The molecule has 0 bridgehead atoms. The van der Waals surface area contributed by atoms with Crippen molar-refractivity contribution in [3.05, 3.63) is 46.0 Å². The van der Waals surface area contributed by atoms with Crippen molar-refractivity contribution in [2.24, 2.45) is 0 Å². The molecule has 106 valence electrons. The van der Waals surface area contributed by atoms with E-state index in [0.29, 0.717) is 24.0 Å². The average molecular weight is 291 g/mol. The van der Waals surface area contributed by atoms with Gasteiger partial charge in [0, 0.05) is 30.9 Å². The summed E-state index contributed by atoms with van der Waals surface area (Å²) in [6.07, 6.45) is 3.96. The first kappa shape index (κ1) is 13.5. The largest absolute Gasteiger partial charge is 0.347 e. The topological polar surface area (TPSA) is 28.2 Å². The van der Waals surface area contributed by atoms with Crippen LogP contribution in [0, 0.1) is 5.82 Å². The van der Waals surface area contributed by atoms with Crippen molar-refractivity contribution in [1.29, 1.82) is 0 Å². The number of nitrogens with one attached hydrogen (secondary N) is 1. The normalized spacial score (nSPS) is 14.5. The maximum atomic E-state index is 14.6. The van der Waals surface area contributed by atoms with Crippen molar-refractivity contribution in [1.82, 2.24) is 10.3 Å². The highest BCUT2D eigenvalue weighted by molar-refractivity contribution is 7.07. The van der Waals surface area contributed by atoms with Crippen LogP contribution >= 0.6 is 11.3 Å². The molecule has 1 aliphatic rings. The Bertz CT molecular complexity index is 567. The second-order valence-corrected chi connectivity index (χ2v) is 5.91. The third-order valence-electron chi connectivity index (χ3n) is 3.51. The Morgan fingerprint density at radius 1 is 1.45 bits per heavy atom. The zero-order valence-electron chi connectivity index (χ0n) is 11.5. The molecular formula is C15H18FN3S. The van der Waals surface area contributed by atoms with E-state index in [1.54, 1.807) is 23.6 Å². The summed E-state index contributed by atoms with van der Waals surface area (Å²) in [5.74, 6) is 0.301. The molecule has 1 fully saturated rings. The van der Waals surface area contributed by atoms with Crippen LogP contribution in [0.15, 0.2) is 29.1 Å². The lowest BCUT2D eigenvalue weighted by Gasteiger charge is -2.24. The number of anilines is 1. The van der Waals surface area contributed by atoms with Crippen molar-refractivity contribution < 1.29 is 4.39 Å². The Morgan fingerprint density at radius 2 is 2.30 bits per heavy atom. The van der Waals surface area contributed by atoms with Crippen molar-refractivity contribution in [2.75, 3.05) is 11.9 Å². The third kappa shape index (κ3) is 2.83. The van der Waals surface area contributed by atoms with Gasteiger partial charge in [0.25, 0.3) is 0 Å². The molecule has 20 heavy (non-hydrogen) atoms. The van der Waals surface area contributed by atoms with Crippen LogP contribution in [0.25, 0.3) is 0 Å². The molecule has 1 N–H and O–H groups in total. The van der Waals surface area contributed by atoms with E-state index in [9.17, 15) is 4.39 Å². The monoisotopic (exact) mass is 291 g/mol. The van der Waals surface area contributed by atoms with E-state index in [-0.39, 0.29) is 5.82 Å². The van der Waals surface area contributed by atoms with Crippen LogP contribution in [-0.2, 0) is 13.1 Å². The van der Waals surface area contributed by atoms with E-state index in [4.69, 9.17) is 0 Å². The van der Waals surface area contributed by atoms with Crippen molar-refractivity contribution in [3.63, 3.8) is 0 Å². The van der Waals surface area contributed by atoms with E-state index in [2.05, 4.69) is 32.0 Å². The minimum Gasteiger partial charge on any atom is -0.347 e. The Hall–Kier alpha value is -1.46. The highest BCUT2D eigenvalue weighted by atomic mass is 32.1. The molecule has 5 heteroatoms. The van der Waals surface area contributed by atoms with Gasteiger partial charge in [-0.25, -0.2) is 9.37 Å². The van der Waals surface area contributed by atoms with Gasteiger partial charge in [0.2, 0.25) is 0 Å². The van der Waals surface area contributed by atoms with Gasteiger partial charge in [-0.3, -0.25) is 0 Å². The van der Waals surface area contributed by atoms with E-state index < -0.39 is 0 Å². The minimum absolute atomic E-state index is 0.191. The Labute approximate surface area is 122 Å². The summed E-state index contributed by atoms with van der Waals surface area (Å²) in [7, 11) is 1.82. The Kier molecular flexibility index (Phi) is 3.98. The smallest absolute Gasteiger partial charge is 0.170 e. The van der Waals surface area contributed by atoms with Crippen LogP contribution in [0.2, 0.25) is 0 Å². The van der Waals surface area contributed by atoms with E-state index in [1.807, 2.05) is 7.05 Å².